The molecule has 0 aliphatic heterocycles. The predicted molar refractivity (Wildman–Crippen MR) is 155 cm³/mol. The monoisotopic (exact) mass is 544 g/mol. The topological polar surface area (TPSA) is 34.9 Å². The summed E-state index contributed by atoms with van der Waals surface area (Å²) in [6, 6.07) is 36.6. The van der Waals surface area contributed by atoms with Crippen LogP contribution in [0.3, 0.4) is 0 Å². The summed E-state index contributed by atoms with van der Waals surface area (Å²) in [6.07, 6.45) is 1.88. The lowest BCUT2D eigenvalue weighted by molar-refractivity contribution is 0.103. The number of benzene rings is 4. The lowest BCUT2D eigenvalue weighted by Gasteiger charge is -2.26. The van der Waals surface area contributed by atoms with Crippen LogP contribution in [0.2, 0.25) is 0 Å². The van der Waals surface area contributed by atoms with Crippen LogP contribution >= 0.6 is 15.9 Å². The van der Waals surface area contributed by atoms with Crippen molar-refractivity contribution in [2.45, 2.75) is 19.3 Å². The molecule has 0 fully saturated rings. The number of hydrogen-bond acceptors (Lipinski definition) is 2. The number of pyridine rings is 1. The third kappa shape index (κ3) is 4.08. The molecule has 0 saturated heterocycles. The molecule has 0 atom stereocenters. The Bertz CT molecular complexity index is 1780. The fourth-order valence-corrected chi connectivity index (χ4v) is 5.51. The smallest absolute Gasteiger partial charge is 0.193 e. The van der Waals surface area contributed by atoms with Gasteiger partial charge in [-0.05, 0) is 47.5 Å². The third-order valence-corrected chi connectivity index (χ3v) is 7.71. The van der Waals surface area contributed by atoms with E-state index >= 15 is 0 Å². The minimum atomic E-state index is -0.195. The summed E-state index contributed by atoms with van der Waals surface area (Å²) < 4.78 is 3.06. The van der Waals surface area contributed by atoms with Crippen LogP contribution in [0.15, 0.2) is 120 Å². The summed E-state index contributed by atoms with van der Waals surface area (Å²) in [7, 11) is 0. The maximum atomic E-state index is 13.4. The van der Waals surface area contributed by atoms with E-state index in [4.69, 9.17) is 4.98 Å². The molecular formula is C33H25BrN2O. The minimum absolute atomic E-state index is 0.00748. The number of carbonyl (C=O) groups excluding carboxylic acids is 1. The zero-order valence-corrected chi connectivity index (χ0v) is 22.2. The van der Waals surface area contributed by atoms with E-state index in [2.05, 4.69) is 95.0 Å². The lowest BCUT2D eigenvalue weighted by Crippen LogP contribution is -2.19. The van der Waals surface area contributed by atoms with Crippen LogP contribution in [0.1, 0.15) is 40.9 Å². The second kappa shape index (κ2) is 9.13. The average molecular weight is 545 g/mol. The molecule has 0 spiro atoms. The number of para-hydroxylation sites is 1. The molecule has 0 amide bonds. The van der Waals surface area contributed by atoms with Crippen LogP contribution in [-0.4, -0.2) is 15.3 Å². The number of nitrogens with zero attached hydrogens (tertiary/aromatic N) is 2. The standard InChI is InChI=1S/C33H25BrN2O/c1-33(2,24-10-4-3-5-11-24)25-17-18-35-31(21-25)36-29-14-7-6-13-27(29)28-16-15-23(20-30(28)36)32(37)22-9-8-12-26(34)19-22/h3-21H,1-2H3. The van der Waals surface area contributed by atoms with Crippen LogP contribution in [0, 0.1) is 0 Å². The van der Waals surface area contributed by atoms with Crippen molar-refractivity contribution in [1.82, 2.24) is 9.55 Å². The van der Waals surface area contributed by atoms with E-state index in [0.29, 0.717) is 11.1 Å². The molecule has 0 bridgehead atoms. The highest BCUT2D eigenvalue weighted by atomic mass is 79.9. The van der Waals surface area contributed by atoms with Gasteiger partial charge >= 0.3 is 0 Å². The van der Waals surface area contributed by atoms with Crippen LogP contribution in [0.25, 0.3) is 27.6 Å². The molecule has 0 saturated carbocycles. The van der Waals surface area contributed by atoms with Crippen LogP contribution < -0.4 is 0 Å². The SMILES string of the molecule is CC(C)(c1ccccc1)c1ccnc(-n2c3ccccc3c3ccc(C(=O)c4cccc(Br)c4)cc32)c1. The number of rotatable bonds is 5. The highest BCUT2D eigenvalue weighted by molar-refractivity contribution is 9.10. The Morgan fingerprint density at radius 2 is 1.43 bits per heavy atom. The second-order valence-electron chi connectivity index (χ2n) is 9.82. The van der Waals surface area contributed by atoms with Crippen LogP contribution in [0.4, 0.5) is 0 Å². The van der Waals surface area contributed by atoms with Gasteiger partial charge in [0.2, 0.25) is 0 Å². The highest BCUT2D eigenvalue weighted by Crippen LogP contribution is 2.35. The van der Waals surface area contributed by atoms with Crippen molar-refractivity contribution in [3.05, 3.63) is 142 Å². The van der Waals surface area contributed by atoms with Gasteiger partial charge < -0.3 is 0 Å². The largest absolute Gasteiger partial charge is 0.294 e. The Labute approximate surface area is 224 Å². The molecule has 6 rings (SSSR count). The molecular weight excluding hydrogens is 520 g/mol. The number of carbonyl (C=O) groups is 1. The van der Waals surface area contributed by atoms with Crippen molar-refractivity contribution in [1.29, 1.82) is 0 Å². The van der Waals surface area contributed by atoms with Gasteiger partial charge in [-0.25, -0.2) is 4.98 Å². The first-order valence-corrected chi connectivity index (χ1v) is 13.1. The Kier molecular flexibility index (Phi) is 5.77. The normalized spacial score (nSPS) is 11.8. The van der Waals surface area contributed by atoms with Gasteiger partial charge in [-0.15, -0.1) is 0 Å². The first kappa shape index (κ1) is 23.4. The van der Waals surface area contributed by atoms with Gasteiger partial charge in [0.15, 0.2) is 5.78 Å². The number of halogens is 1. The third-order valence-electron chi connectivity index (χ3n) is 7.21. The summed E-state index contributed by atoms with van der Waals surface area (Å²) in [4.78, 5) is 18.2. The van der Waals surface area contributed by atoms with Crippen molar-refractivity contribution in [2.75, 3.05) is 0 Å². The fraction of sp³-hybridized carbons (Fsp3) is 0.0909. The van der Waals surface area contributed by atoms with Crippen molar-refractivity contribution in [3.63, 3.8) is 0 Å². The van der Waals surface area contributed by atoms with E-state index in [1.165, 1.54) is 11.1 Å². The molecule has 180 valence electrons. The van der Waals surface area contributed by atoms with Gasteiger partial charge in [0.25, 0.3) is 0 Å². The predicted octanol–water partition coefficient (Wildman–Crippen LogP) is 8.50. The maximum Gasteiger partial charge on any atom is 0.193 e. The van der Waals surface area contributed by atoms with Gasteiger partial charge in [0, 0.05) is 38.0 Å². The molecule has 3 nitrogen and oxygen atoms in total. The van der Waals surface area contributed by atoms with E-state index < -0.39 is 0 Å². The van der Waals surface area contributed by atoms with E-state index in [9.17, 15) is 4.79 Å². The van der Waals surface area contributed by atoms with Gasteiger partial charge in [-0.3, -0.25) is 9.36 Å². The number of aromatic nitrogens is 2. The number of ketones is 1. The molecule has 0 unspecified atom stereocenters. The summed E-state index contributed by atoms with van der Waals surface area (Å²) in [6.45, 7) is 4.48. The van der Waals surface area contributed by atoms with Crippen molar-refractivity contribution < 1.29 is 4.79 Å². The van der Waals surface area contributed by atoms with Gasteiger partial charge in [-0.2, -0.15) is 0 Å². The first-order valence-electron chi connectivity index (χ1n) is 12.3. The Hall–Kier alpha value is -4.02. The molecule has 0 N–H and O–H groups in total. The maximum absolute atomic E-state index is 13.4. The average Bonchev–Trinajstić information content (AvgIpc) is 3.27. The number of fused-ring (bicyclic) bond motifs is 3. The van der Waals surface area contributed by atoms with Gasteiger partial charge in [0.1, 0.15) is 5.82 Å². The van der Waals surface area contributed by atoms with Gasteiger partial charge in [-0.1, -0.05) is 103 Å². The lowest BCUT2D eigenvalue weighted by atomic mass is 9.78. The van der Waals surface area contributed by atoms with Crippen molar-refractivity contribution >= 4 is 43.5 Å². The molecule has 0 aliphatic rings. The fourth-order valence-electron chi connectivity index (χ4n) is 5.11. The zero-order valence-electron chi connectivity index (χ0n) is 20.7. The van der Waals surface area contributed by atoms with Crippen molar-refractivity contribution in [2.24, 2.45) is 0 Å². The molecule has 37 heavy (non-hydrogen) atoms. The quantitative estimate of drug-likeness (QED) is 0.204. The number of hydrogen-bond donors (Lipinski definition) is 0. The Morgan fingerprint density at radius 1 is 0.703 bits per heavy atom. The van der Waals surface area contributed by atoms with Gasteiger partial charge in [0.05, 0.1) is 11.0 Å². The first-order chi connectivity index (χ1) is 17.9. The van der Waals surface area contributed by atoms with Crippen LogP contribution in [0.5, 0.6) is 0 Å². The summed E-state index contributed by atoms with van der Waals surface area (Å²) >= 11 is 3.48. The highest BCUT2D eigenvalue weighted by Gasteiger charge is 2.24. The van der Waals surface area contributed by atoms with E-state index in [-0.39, 0.29) is 11.2 Å². The minimum Gasteiger partial charge on any atom is -0.294 e. The second-order valence-corrected chi connectivity index (χ2v) is 10.7. The Morgan fingerprint density at radius 3 is 2.24 bits per heavy atom. The molecule has 2 heterocycles. The summed E-state index contributed by atoms with van der Waals surface area (Å²) in [5.41, 5.74) is 5.55. The summed E-state index contributed by atoms with van der Waals surface area (Å²) in [5.74, 6) is 0.826. The molecule has 0 radical (unpaired) electrons. The summed E-state index contributed by atoms with van der Waals surface area (Å²) in [5, 5.41) is 2.23. The Balaban J connectivity index is 1.55. The molecule has 2 aromatic heterocycles. The van der Waals surface area contributed by atoms with E-state index in [1.54, 1.807) is 0 Å². The molecule has 4 aromatic carbocycles. The van der Waals surface area contributed by atoms with E-state index in [1.807, 2.05) is 54.7 Å². The van der Waals surface area contributed by atoms with Crippen LogP contribution in [-0.2, 0) is 5.41 Å². The zero-order chi connectivity index (χ0) is 25.6. The van der Waals surface area contributed by atoms with E-state index in [0.717, 1.165) is 32.1 Å². The molecule has 4 heteroatoms. The molecule has 0 aliphatic carbocycles. The van der Waals surface area contributed by atoms with Crippen molar-refractivity contribution in [3.8, 4) is 5.82 Å². The molecule has 6 aromatic rings.